The summed E-state index contributed by atoms with van der Waals surface area (Å²) >= 11 is 5.28. The topological polar surface area (TPSA) is 66.0 Å². The van der Waals surface area contributed by atoms with Crippen molar-refractivity contribution in [2.24, 2.45) is 0 Å². The van der Waals surface area contributed by atoms with Gasteiger partial charge >= 0.3 is 5.56 Å². The number of hydrogen-bond donors (Lipinski definition) is 2. The summed E-state index contributed by atoms with van der Waals surface area (Å²) in [6.45, 7) is 0. The molecule has 48 valence electrons. The van der Waals surface area contributed by atoms with Gasteiger partial charge in [0.1, 0.15) is 0 Å². The van der Waals surface area contributed by atoms with Gasteiger partial charge in [-0.15, -0.1) is 0 Å². The van der Waals surface area contributed by atoms with E-state index >= 15 is 0 Å². The van der Waals surface area contributed by atoms with Crippen molar-refractivity contribution < 1.29 is 5.11 Å². The van der Waals surface area contributed by atoms with Crippen LogP contribution in [0.15, 0.2) is 10.9 Å². The predicted molar refractivity (Wildman–Crippen MR) is 31.5 cm³/mol. The molecular formula is C4H3ClN2O2. The van der Waals surface area contributed by atoms with E-state index in [1.165, 1.54) is 0 Å². The molecule has 1 rings (SSSR count). The van der Waals surface area contributed by atoms with Crippen molar-refractivity contribution in [1.82, 2.24) is 10.2 Å². The van der Waals surface area contributed by atoms with Gasteiger partial charge in [0.2, 0.25) is 0 Å². The van der Waals surface area contributed by atoms with Crippen molar-refractivity contribution in [3.8, 4) is 5.75 Å². The molecule has 9 heavy (non-hydrogen) atoms. The third-order valence-corrected chi connectivity index (χ3v) is 0.946. The number of nitrogens with one attached hydrogen (secondary N) is 1. The molecule has 1 aromatic rings. The Balaban J connectivity index is 3.34. The highest BCUT2D eigenvalue weighted by Crippen LogP contribution is 2.04. The summed E-state index contributed by atoms with van der Waals surface area (Å²) in [5.41, 5.74) is -0.639. The van der Waals surface area contributed by atoms with E-state index in [2.05, 4.69) is 5.10 Å². The lowest BCUT2D eigenvalue weighted by Gasteiger charge is -1.87. The van der Waals surface area contributed by atoms with Gasteiger partial charge in [0.15, 0.2) is 10.9 Å². The molecule has 0 radical (unpaired) electrons. The van der Waals surface area contributed by atoms with Crippen LogP contribution in [0, 0.1) is 0 Å². The smallest absolute Gasteiger partial charge is 0.306 e. The second-order valence-electron chi connectivity index (χ2n) is 1.41. The first-order chi connectivity index (χ1) is 4.20. The average molecular weight is 147 g/mol. The Kier molecular flexibility index (Phi) is 1.40. The second kappa shape index (κ2) is 2.06. The largest absolute Gasteiger partial charge is 0.503 e. The first-order valence-corrected chi connectivity index (χ1v) is 2.52. The molecule has 0 aliphatic heterocycles. The van der Waals surface area contributed by atoms with Gasteiger partial charge in [-0.05, 0) is 0 Å². The van der Waals surface area contributed by atoms with Crippen LogP contribution in [0.25, 0.3) is 0 Å². The number of H-pyrrole nitrogens is 1. The zero-order chi connectivity index (χ0) is 6.85. The Bertz CT molecular complexity index is 270. The predicted octanol–water partition coefficient (Wildman–Crippen LogP) is 0.129. The summed E-state index contributed by atoms with van der Waals surface area (Å²) in [6, 6.07) is 1.07. The van der Waals surface area contributed by atoms with Crippen molar-refractivity contribution in [2.75, 3.05) is 0 Å². The molecule has 0 saturated heterocycles. The lowest BCUT2D eigenvalue weighted by atomic mass is 10.5. The minimum absolute atomic E-state index is 0.0621. The van der Waals surface area contributed by atoms with E-state index in [4.69, 9.17) is 16.7 Å². The van der Waals surface area contributed by atoms with Crippen LogP contribution in [-0.4, -0.2) is 15.3 Å². The fourth-order valence-corrected chi connectivity index (χ4v) is 0.518. The third-order valence-electron chi connectivity index (χ3n) is 0.753. The van der Waals surface area contributed by atoms with Gasteiger partial charge in [0.25, 0.3) is 0 Å². The molecule has 0 bridgehead atoms. The second-order valence-corrected chi connectivity index (χ2v) is 1.79. The number of aromatic amines is 1. The summed E-state index contributed by atoms with van der Waals surface area (Å²) in [6.07, 6.45) is 0. The van der Waals surface area contributed by atoms with Crippen LogP contribution in [0.5, 0.6) is 5.75 Å². The van der Waals surface area contributed by atoms with Gasteiger partial charge in [-0.1, -0.05) is 11.6 Å². The highest BCUT2D eigenvalue weighted by molar-refractivity contribution is 6.29. The normalized spacial score (nSPS) is 9.44. The Morgan fingerprint density at radius 3 is 2.89 bits per heavy atom. The lowest BCUT2D eigenvalue weighted by molar-refractivity contribution is 0.464. The highest BCUT2D eigenvalue weighted by Gasteiger charge is 1.95. The molecule has 0 saturated carbocycles. The molecule has 0 atom stereocenters. The Labute approximate surface area is 55.1 Å². The number of aromatic nitrogens is 2. The van der Waals surface area contributed by atoms with Gasteiger partial charge in [-0.2, -0.15) is 5.10 Å². The summed E-state index contributed by atoms with van der Waals surface area (Å²) < 4.78 is 0. The van der Waals surface area contributed by atoms with Crippen molar-refractivity contribution in [3.05, 3.63) is 21.6 Å². The lowest BCUT2D eigenvalue weighted by Crippen LogP contribution is -2.05. The van der Waals surface area contributed by atoms with Gasteiger partial charge < -0.3 is 5.11 Å². The van der Waals surface area contributed by atoms with Crippen LogP contribution in [-0.2, 0) is 0 Å². The molecule has 0 aliphatic rings. The molecule has 4 nitrogen and oxygen atoms in total. The monoisotopic (exact) mass is 146 g/mol. The van der Waals surface area contributed by atoms with Gasteiger partial charge in [-0.3, -0.25) is 4.79 Å². The standard InChI is InChI=1S/C4H3ClN2O2/c5-3-1-2(8)4(9)7-6-3/h1H,(H,6,8)(H,7,9). The number of aromatic hydroxyl groups is 1. The minimum atomic E-state index is -0.639. The molecule has 0 spiro atoms. The summed E-state index contributed by atoms with van der Waals surface area (Å²) in [5, 5.41) is 14.0. The van der Waals surface area contributed by atoms with Crippen LogP contribution in [0.2, 0.25) is 5.15 Å². The van der Waals surface area contributed by atoms with E-state index in [-0.39, 0.29) is 5.15 Å². The van der Waals surface area contributed by atoms with Crippen LogP contribution in [0.4, 0.5) is 0 Å². The van der Waals surface area contributed by atoms with Crippen molar-refractivity contribution in [3.63, 3.8) is 0 Å². The molecule has 0 aliphatic carbocycles. The maximum atomic E-state index is 10.3. The van der Waals surface area contributed by atoms with Crippen LogP contribution >= 0.6 is 11.6 Å². The van der Waals surface area contributed by atoms with Gasteiger partial charge in [0, 0.05) is 6.07 Å². The van der Waals surface area contributed by atoms with Crippen molar-refractivity contribution >= 4 is 11.6 Å². The molecule has 1 heterocycles. The van der Waals surface area contributed by atoms with E-state index in [0.717, 1.165) is 6.07 Å². The van der Waals surface area contributed by atoms with E-state index in [0.29, 0.717) is 0 Å². The van der Waals surface area contributed by atoms with E-state index in [1.807, 2.05) is 5.10 Å². The van der Waals surface area contributed by atoms with E-state index in [9.17, 15) is 4.79 Å². The van der Waals surface area contributed by atoms with Crippen molar-refractivity contribution in [1.29, 1.82) is 0 Å². The SMILES string of the molecule is O=c1[nH]nc(Cl)cc1O. The number of nitrogens with zero attached hydrogens (tertiary/aromatic N) is 1. The van der Waals surface area contributed by atoms with Crippen LogP contribution in [0.1, 0.15) is 0 Å². The maximum absolute atomic E-state index is 10.3. The van der Waals surface area contributed by atoms with E-state index < -0.39 is 11.3 Å². The summed E-state index contributed by atoms with van der Waals surface area (Å²) in [7, 11) is 0. The zero-order valence-corrected chi connectivity index (χ0v) is 5.01. The average Bonchev–Trinajstić information content (AvgIpc) is 1.80. The van der Waals surface area contributed by atoms with Crippen molar-refractivity contribution in [2.45, 2.75) is 0 Å². The van der Waals surface area contributed by atoms with Crippen LogP contribution in [0.3, 0.4) is 0 Å². The highest BCUT2D eigenvalue weighted by atomic mass is 35.5. The molecule has 0 aromatic carbocycles. The molecule has 0 unspecified atom stereocenters. The number of halogens is 1. The fourth-order valence-electron chi connectivity index (χ4n) is 0.372. The molecule has 2 N–H and O–H groups in total. The number of hydrogen-bond acceptors (Lipinski definition) is 3. The summed E-state index contributed by atoms with van der Waals surface area (Å²) in [5.74, 6) is -0.421. The molecular weight excluding hydrogens is 144 g/mol. The zero-order valence-electron chi connectivity index (χ0n) is 4.26. The molecule has 1 aromatic heterocycles. The van der Waals surface area contributed by atoms with Gasteiger partial charge in [0.05, 0.1) is 0 Å². The molecule has 0 amide bonds. The van der Waals surface area contributed by atoms with Gasteiger partial charge in [-0.25, -0.2) is 5.10 Å². The quantitative estimate of drug-likeness (QED) is 0.547. The first-order valence-electron chi connectivity index (χ1n) is 2.14. The molecule has 5 heteroatoms. The Morgan fingerprint density at radius 2 is 2.44 bits per heavy atom. The third kappa shape index (κ3) is 1.20. The minimum Gasteiger partial charge on any atom is -0.503 e. The number of rotatable bonds is 0. The Morgan fingerprint density at radius 1 is 1.78 bits per heavy atom. The van der Waals surface area contributed by atoms with E-state index in [1.54, 1.807) is 0 Å². The summed E-state index contributed by atoms with van der Waals surface area (Å²) in [4.78, 5) is 10.3. The first kappa shape index (κ1) is 6.10. The maximum Gasteiger partial charge on any atom is 0.306 e. The Hall–Kier alpha value is -1.03. The van der Waals surface area contributed by atoms with Crippen LogP contribution < -0.4 is 5.56 Å². The fraction of sp³-hybridized carbons (Fsp3) is 0. The molecule has 0 fully saturated rings.